The second kappa shape index (κ2) is 6.98. The summed E-state index contributed by atoms with van der Waals surface area (Å²) in [6.07, 6.45) is 1.49. The highest BCUT2D eigenvalue weighted by Gasteiger charge is 2.03. The molecule has 3 aromatic rings. The molecule has 1 aromatic heterocycles. The minimum absolute atomic E-state index is 0.633. The molecular formula is C17H15ClN4O. The van der Waals surface area contributed by atoms with Crippen molar-refractivity contribution in [3.63, 3.8) is 0 Å². The van der Waals surface area contributed by atoms with Crippen LogP contribution in [-0.2, 0) is 0 Å². The molecule has 2 N–H and O–H groups in total. The summed E-state index contributed by atoms with van der Waals surface area (Å²) in [5.74, 6) is 2.10. The molecule has 0 aliphatic rings. The van der Waals surface area contributed by atoms with Crippen LogP contribution in [-0.4, -0.2) is 17.1 Å². The van der Waals surface area contributed by atoms with Crippen molar-refractivity contribution in [1.29, 1.82) is 0 Å². The molecule has 5 nitrogen and oxygen atoms in total. The lowest BCUT2D eigenvalue weighted by Gasteiger charge is -2.10. The third kappa shape index (κ3) is 3.90. The fourth-order valence-electron chi connectivity index (χ4n) is 2.04. The van der Waals surface area contributed by atoms with E-state index < -0.39 is 0 Å². The summed E-state index contributed by atoms with van der Waals surface area (Å²) in [7, 11) is 1.63. The molecule has 6 heteroatoms. The van der Waals surface area contributed by atoms with E-state index in [0.717, 1.165) is 17.1 Å². The Morgan fingerprint density at radius 2 is 1.70 bits per heavy atom. The van der Waals surface area contributed by atoms with E-state index in [9.17, 15) is 0 Å². The predicted molar refractivity (Wildman–Crippen MR) is 93.0 cm³/mol. The van der Waals surface area contributed by atoms with Crippen molar-refractivity contribution in [3.05, 3.63) is 65.9 Å². The minimum Gasteiger partial charge on any atom is -0.497 e. The first-order valence-corrected chi connectivity index (χ1v) is 7.37. The van der Waals surface area contributed by atoms with Crippen molar-refractivity contribution in [2.24, 2.45) is 0 Å². The van der Waals surface area contributed by atoms with Crippen molar-refractivity contribution in [2.45, 2.75) is 0 Å². The zero-order chi connectivity index (χ0) is 16.1. The Bertz CT molecular complexity index is 810. The maximum Gasteiger partial charge on any atom is 0.135 e. The van der Waals surface area contributed by atoms with Gasteiger partial charge in [-0.25, -0.2) is 9.97 Å². The molecule has 0 aliphatic heterocycles. The number of nitrogens with zero attached hydrogens (tertiary/aromatic N) is 2. The summed E-state index contributed by atoms with van der Waals surface area (Å²) in [5, 5.41) is 7.02. The number of nitrogens with one attached hydrogen (secondary N) is 2. The molecule has 0 saturated carbocycles. The smallest absolute Gasteiger partial charge is 0.135 e. The molecule has 0 saturated heterocycles. The van der Waals surface area contributed by atoms with Crippen LogP contribution < -0.4 is 15.4 Å². The van der Waals surface area contributed by atoms with Gasteiger partial charge in [0.25, 0.3) is 0 Å². The van der Waals surface area contributed by atoms with E-state index in [4.69, 9.17) is 16.3 Å². The number of methoxy groups -OCH3 is 1. The van der Waals surface area contributed by atoms with E-state index in [1.165, 1.54) is 6.33 Å². The van der Waals surface area contributed by atoms with E-state index in [1.54, 1.807) is 7.11 Å². The van der Waals surface area contributed by atoms with Gasteiger partial charge in [0, 0.05) is 17.8 Å². The fourth-order valence-corrected chi connectivity index (χ4v) is 2.23. The summed E-state index contributed by atoms with van der Waals surface area (Å²) in [6.45, 7) is 0. The average molecular weight is 327 g/mol. The molecule has 116 valence electrons. The number of anilines is 4. The number of para-hydroxylation sites is 1. The van der Waals surface area contributed by atoms with Crippen LogP contribution in [0.15, 0.2) is 60.9 Å². The standard InChI is InChI=1S/C17H15ClN4O/c1-23-13-6-4-5-12(9-13)21-16-10-17(20-11-19-16)22-15-8-3-2-7-14(15)18/h2-11H,1H3,(H2,19,20,21,22). The van der Waals surface area contributed by atoms with E-state index in [2.05, 4.69) is 20.6 Å². The first-order valence-electron chi connectivity index (χ1n) is 6.99. The van der Waals surface area contributed by atoms with Gasteiger partial charge in [0.1, 0.15) is 23.7 Å². The largest absolute Gasteiger partial charge is 0.497 e. The molecule has 0 fully saturated rings. The van der Waals surface area contributed by atoms with Gasteiger partial charge in [0.05, 0.1) is 17.8 Å². The molecule has 0 radical (unpaired) electrons. The van der Waals surface area contributed by atoms with Gasteiger partial charge in [-0.2, -0.15) is 0 Å². The predicted octanol–water partition coefficient (Wildman–Crippen LogP) is 4.63. The summed E-state index contributed by atoms with van der Waals surface area (Å²) in [4.78, 5) is 8.42. The van der Waals surface area contributed by atoms with Crippen LogP contribution in [0.1, 0.15) is 0 Å². The monoisotopic (exact) mass is 326 g/mol. The van der Waals surface area contributed by atoms with Crippen LogP contribution in [0.25, 0.3) is 0 Å². The van der Waals surface area contributed by atoms with Gasteiger partial charge in [-0.15, -0.1) is 0 Å². The Morgan fingerprint density at radius 3 is 2.48 bits per heavy atom. The van der Waals surface area contributed by atoms with Gasteiger partial charge in [0.2, 0.25) is 0 Å². The Hall–Kier alpha value is -2.79. The first-order chi connectivity index (χ1) is 11.2. The molecule has 0 spiro atoms. The summed E-state index contributed by atoms with van der Waals surface area (Å²) >= 11 is 6.14. The van der Waals surface area contributed by atoms with Gasteiger partial charge in [-0.1, -0.05) is 29.8 Å². The lowest BCUT2D eigenvalue weighted by molar-refractivity contribution is 0.415. The molecule has 0 atom stereocenters. The number of hydrogen-bond donors (Lipinski definition) is 2. The van der Waals surface area contributed by atoms with Crippen molar-refractivity contribution in [3.8, 4) is 5.75 Å². The molecule has 2 aromatic carbocycles. The maximum absolute atomic E-state index is 6.14. The minimum atomic E-state index is 0.633. The van der Waals surface area contributed by atoms with Crippen LogP contribution >= 0.6 is 11.6 Å². The second-order valence-corrected chi connectivity index (χ2v) is 5.16. The van der Waals surface area contributed by atoms with Gasteiger partial charge in [0.15, 0.2) is 0 Å². The molecular weight excluding hydrogens is 312 g/mol. The van der Waals surface area contributed by atoms with Crippen LogP contribution in [0.2, 0.25) is 5.02 Å². The lowest BCUT2D eigenvalue weighted by Crippen LogP contribution is -1.99. The van der Waals surface area contributed by atoms with Crippen molar-refractivity contribution in [1.82, 2.24) is 9.97 Å². The Kier molecular flexibility index (Phi) is 4.59. The average Bonchev–Trinajstić information content (AvgIpc) is 2.57. The van der Waals surface area contributed by atoms with E-state index >= 15 is 0 Å². The van der Waals surface area contributed by atoms with Gasteiger partial charge < -0.3 is 15.4 Å². The van der Waals surface area contributed by atoms with Crippen LogP contribution in [0.5, 0.6) is 5.75 Å². The molecule has 0 amide bonds. The number of aromatic nitrogens is 2. The van der Waals surface area contributed by atoms with Gasteiger partial charge in [-0.3, -0.25) is 0 Å². The lowest BCUT2D eigenvalue weighted by atomic mass is 10.3. The summed E-state index contributed by atoms with van der Waals surface area (Å²) < 4.78 is 5.21. The number of ether oxygens (including phenoxy) is 1. The van der Waals surface area contributed by atoms with Crippen LogP contribution in [0.4, 0.5) is 23.0 Å². The van der Waals surface area contributed by atoms with Crippen molar-refractivity contribution in [2.75, 3.05) is 17.7 Å². The summed E-state index contributed by atoms with van der Waals surface area (Å²) in [5.41, 5.74) is 1.67. The Labute approximate surface area is 139 Å². The third-order valence-electron chi connectivity index (χ3n) is 3.15. The number of benzene rings is 2. The zero-order valence-electron chi connectivity index (χ0n) is 12.5. The Morgan fingerprint density at radius 1 is 0.913 bits per heavy atom. The number of rotatable bonds is 5. The molecule has 0 bridgehead atoms. The SMILES string of the molecule is COc1cccc(Nc2cc(Nc3ccccc3Cl)ncn2)c1. The maximum atomic E-state index is 6.14. The quantitative estimate of drug-likeness (QED) is 0.716. The molecule has 1 heterocycles. The van der Waals surface area contributed by atoms with Crippen molar-refractivity contribution >= 4 is 34.6 Å². The normalized spacial score (nSPS) is 10.2. The molecule has 3 rings (SSSR count). The van der Waals surface area contributed by atoms with E-state index in [-0.39, 0.29) is 0 Å². The third-order valence-corrected chi connectivity index (χ3v) is 3.48. The highest BCUT2D eigenvalue weighted by molar-refractivity contribution is 6.33. The van der Waals surface area contributed by atoms with Gasteiger partial charge >= 0.3 is 0 Å². The van der Waals surface area contributed by atoms with Gasteiger partial charge in [-0.05, 0) is 24.3 Å². The second-order valence-electron chi connectivity index (χ2n) is 4.75. The molecule has 0 aliphatic carbocycles. The van der Waals surface area contributed by atoms with Crippen LogP contribution in [0.3, 0.4) is 0 Å². The Balaban J connectivity index is 1.78. The molecule has 0 unspecified atom stereocenters. The zero-order valence-corrected chi connectivity index (χ0v) is 13.2. The molecule has 23 heavy (non-hydrogen) atoms. The number of hydrogen-bond acceptors (Lipinski definition) is 5. The van der Waals surface area contributed by atoms with E-state index in [0.29, 0.717) is 16.7 Å². The first kappa shape index (κ1) is 15.1. The number of halogens is 1. The highest BCUT2D eigenvalue weighted by atomic mass is 35.5. The topological polar surface area (TPSA) is 59.1 Å². The summed E-state index contributed by atoms with van der Waals surface area (Å²) in [6, 6.07) is 16.9. The highest BCUT2D eigenvalue weighted by Crippen LogP contribution is 2.25. The van der Waals surface area contributed by atoms with E-state index in [1.807, 2.05) is 54.6 Å². The van der Waals surface area contributed by atoms with Crippen molar-refractivity contribution < 1.29 is 4.74 Å². The van der Waals surface area contributed by atoms with Crippen LogP contribution in [0, 0.1) is 0 Å². The fraction of sp³-hybridized carbons (Fsp3) is 0.0588.